The third kappa shape index (κ3) is 27.9. The number of carbonyl (C=O) groups excluding carboxylic acids is 1. The first-order chi connectivity index (χ1) is 36.1. The summed E-state index contributed by atoms with van der Waals surface area (Å²) in [5.74, 6) is 3.82. The lowest BCUT2D eigenvalue weighted by atomic mass is 9.96. The van der Waals surface area contributed by atoms with E-state index in [0.29, 0.717) is 47.5 Å². The Labute approximate surface area is 459 Å². The third-order valence-corrected chi connectivity index (χ3v) is 12.5. The Bertz CT molecular complexity index is 2420. The van der Waals surface area contributed by atoms with E-state index in [1.165, 1.54) is 83.2 Å². The summed E-state index contributed by atoms with van der Waals surface area (Å²) in [5.41, 5.74) is 9.92. The molecule has 0 bridgehead atoms. The fourth-order valence-corrected chi connectivity index (χ4v) is 7.40. The van der Waals surface area contributed by atoms with Gasteiger partial charge in [-0.3, -0.25) is 24.3 Å². The second-order valence-electron chi connectivity index (χ2n) is 21.9. The van der Waals surface area contributed by atoms with Gasteiger partial charge >= 0.3 is 6.03 Å². The third-order valence-electron chi connectivity index (χ3n) is 12.5. The zero-order valence-electron chi connectivity index (χ0n) is 49.5. The van der Waals surface area contributed by atoms with E-state index < -0.39 is 0 Å². The molecule has 2 aromatic carbocycles. The topological polar surface area (TPSA) is 115 Å². The maximum absolute atomic E-state index is 12.4. The number of carbonyl (C=O) groups is 1. The monoisotopic (exact) mass is 1040 g/mol. The average Bonchev–Trinajstić information content (AvgIpc) is 4.09. The number of hydrogen-bond acceptors (Lipinski definition) is 6. The number of pyridine rings is 3. The summed E-state index contributed by atoms with van der Waals surface area (Å²) < 4.78 is 16.4. The Morgan fingerprint density at radius 2 is 0.947 bits per heavy atom. The Morgan fingerprint density at radius 1 is 0.487 bits per heavy atom. The number of aromatic nitrogens is 7. The van der Waals surface area contributed by atoms with E-state index in [4.69, 9.17) is 0 Å². The lowest BCUT2D eigenvalue weighted by Crippen LogP contribution is -2.34. The first-order valence-electron chi connectivity index (χ1n) is 27.7. The van der Waals surface area contributed by atoms with Gasteiger partial charge in [-0.1, -0.05) is 147 Å². The summed E-state index contributed by atoms with van der Waals surface area (Å²) in [5, 5.41) is 14.1. The van der Waals surface area contributed by atoms with Crippen molar-refractivity contribution in [2.45, 2.75) is 196 Å². The second-order valence-corrected chi connectivity index (χ2v) is 21.9. The number of halogens is 1. The van der Waals surface area contributed by atoms with Gasteiger partial charge in [-0.05, 0) is 162 Å². The molecule has 0 radical (unpaired) electrons. The van der Waals surface area contributed by atoms with Gasteiger partial charge in [0.1, 0.15) is 5.82 Å². The van der Waals surface area contributed by atoms with Crippen LogP contribution in [0.3, 0.4) is 0 Å². The highest BCUT2D eigenvalue weighted by molar-refractivity contribution is 5.89. The maximum Gasteiger partial charge on any atom is 0.319 e. The molecule has 10 nitrogen and oxygen atoms in total. The van der Waals surface area contributed by atoms with Crippen LogP contribution in [0.25, 0.3) is 0 Å². The summed E-state index contributed by atoms with van der Waals surface area (Å²) in [6.07, 6.45) is 26.0. The van der Waals surface area contributed by atoms with Crippen molar-refractivity contribution in [3.05, 3.63) is 192 Å². The molecule has 0 spiro atoms. The van der Waals surface area contributed by atoms with Gasteiger partial charge in [0.15, 0.2) is 0 Å². The number of aryl methyl sites for hydroxylation is 1. The smallest absolute Gasteiger partial charge is 0.319 e. The van der Waals surface area contributed by atoms with Crippen LogP contribution in [0, 0.1) is 5.82 Å². The molecule has 76 heavy (non-hydrogen) atoms. The summed E-state index contributed by atoms with van der Waals surface area (Å²) in [7, 11) is 1.94. The normalized spacial score (nSPS) is 12.0. The molecule has 8 rings (SSSR count). The molecular weight excluding hydrogens is 942 g/mol. The number of nitrogens with zero attached hydrogens (tertiary/aromatic N) is 7. The molecule has 0 atom stereocenters. The summed E-state index contributed by atoms with van der Waals surface area (Å²) in [4.78, 5) is 23.3. The van der Waals surface area contributed by atoms with Crippen LogP contribution in [0.1, 0.15) is 229 Å². The van der Waals surface area contributed by atoms with Crippen LogP contribution >= 0.6 is 0 Å². The van der Waals surface area contributed by atoms with Crippen LogP contribution < -0.4 is 10.6 Å². The minimum atomic E-state index is -0.163. The second kappa shape index (κ2) is 36.5. The zero-order valence-corrected chi connectivity index (χ0v) is 49.5. The Morgan fingerprint density at radius 3 is 1.33 bits per heavy atom. The van der Waals surface area contributed by atoms with Gasteiger partial charge in [0.2, 0.25) is 0 Å². The molecule has 1 aliphatic rings. The van der Waals surface area contributed by atoms with Gasteiger partial charge in [-0.25, -0.2) is 9.18 Å². The molecule has 0 aliphatic heterocycles. The minimum absolute atomic E-state index is 0.147. The molecule has 1 aliphatic carbocycles. The zero-order chi connectivity index (χ0) is 56.6. The van der Waals surface area contributed by atoms with Crippen molar-refractivity contribution in [2.24, 2.45) is 7.05 Å². The molecule has 11 heteroatoms. The predicted octanol–water partition coefficient (Wildman–Crippen LogP) is 18.0. The summed E-state index contributed by atoms with van der Waals surface area (Å²) in [6, 6.07) is 27.5. The highest BCUT2D eigenvalue weighted by atomic mass is 19.1. The lowest BCUT2D eigenvalue weighted by Gasteiger charge is -2.21. The highest BCUT2D eigenvalue weighted by Crippen LogP contribution is 2.28. The minimum Gasteiger partial charge on any atom is -0.336 e. The Kier molecular flexibility index (Phi) is 31.5. The van der Waals surface area contributed by atoms with Crippen molar-refractivity contribution in [1.29, 1.82) is 0 Å². The van der Waals surface area contributed by atoms with Crippen LogP contribution in [0.2, 0.25) is 0 Å². The van der Waals surface area contributed by atoms with Crippen LogP contribution in [0.4, 0.5) is 14.9 Å². The molecule has 1 fully saturated rings. The Balaban J connectivity index is 0.000000307. The lowest BCUT2D eigenvalue weighted by molar-refractivity contribution is 0.250. The van der Waals surface area contributed by atoms with Crippen LogP contribution in [0.15, 0.2) is 147 Å². The number of rotatable bonds is 10. The average molecular weight is 1040 g/mol. The number of amides is 2. The number of hydrogen-bond donors (Lipinski definition) is 2. The maximum atomic E-state index is 12.4. The molecule has 414 valence electrons. The van der Waals surface area contributed by atoms with Crippen LogP contribution in [-0.4, -0.2) is 46.6 Å². The molecule has 1 saturated carbocycles. The van der Waals surface area contributed by atoms with Gasteiger partial charge in [-0.15, -0.1) is 0 Å². The standard InChI is InChI=1S/C13H20N2O.C12H20N2.C9H11F.3C8H11N.C7H12N2/c1-9(2)11-6-5-7-12(8-11)15-13(16)14-10(3)4;1-10(2)11-8-13-14(9-11)12-6-4-3-5-7-12;1-7(2)8-3-5-9(10)6-4-8;2*1-7(2)8-3-5-9-6-4-8;1-7(2)8-4-3-5-9-6-8;1-6(2)7-4-8-9(3)5-7/h5-10H,1-4H3,(H2,14,15,16);8-10,12H,3-7H2,1-2H3;3-7H,1-2H3;3*3-7H,1-2H3;4-6H,1-3H3. The SMILES string of the molecule is CC(C)NC(=O)Nc1cccc(C(C)C)c1.CC(C)c1ccc(F)cc1.CC(C)c1cccnc1.CC(C)c1ccncc1.CC(C)c1ccncc1.CC(C)c1cnn(C)c1.CC(C)c1cnn(C2CCCCC2)c1. The molecular formula is C65H96FN9O. The molecule has 7 aromatic rings. The van der Waals surface area contributed by atoms with Crippen molar-refractivity contribution >= 4 is 11.7 Å². The van der Waals surface area contributed by atoms with E-state index in [9.17, 15) is 9.18 Å². The van der Waals surface area contributed by atoms with E-state index in [-0.39, 0.29) is 17.9 Å². The Hall–Kier alpha value is -6.49. The molecule has 0 unspecified atom stereocenters. The number of anilines is 1. The van der Waals surface area contributed by atoms with E-state index in [2.05, 4.69) is 156 Å². The van der Waals surface area contributed by atoms with E-state index in [0.717, 1.165) is 5.69 Å². The molecule has 2 N–H and O–H groups in total. The van der Waals surface area contributed by atoms with Crippen molar-refractivity contribution in [1.82, 2.24) is 39.8 Å². The van der Waals surface area contributed by atoms with Crippen LogP contribution in [-0.2, 0) is 7.05 Å². The van der Waals surface area contributed by atoms with Gasteiger partial charge in [0.05, 0.1) is 18.4 Å². The number of nitrogens with one attached hydrogen (secondary N) is 2. The van der Waals surface area contributed by atoms with Crippen molar-refractivity contribution in [2.75, 3.05) is 5.32 Å². The number of benzene rings is 2. The summed E-state index contributed by atoms with van der Waals surface area (Å²) in [6.45, 7) is 34.1. The molecule has 2 amide bonds. The van der Waals surface area contributed by atoms with Crippen LogP contribution in [0.5, 0.6) is 0 Å². The molecule has 5 heterocycles. The fraction of sp³-hybridized carbons (Fsp3) is 0.477. The van der Waals surface area contributed by atoms with Gasteiger partial charge in [0, 0.05) is 68.4 Å². The molecule has 5 aromatic heterocycles. The van der Waals surface area contributed by atoms with Gasteiger partial charge < -0.3 is 10.6 Å². The highest BCUT2D eigenvalue weighted by Gasteiger charge is 2.16. The fourth-order valence-electron chi connectivity index (χ4n) is 7.40. The largest absolute Gasteiger partial charge is 0.336 e. The van der Waals surface area contributed by atoms with E-state index in [1.54, 1.807) is 6.20 Å². The summed E-state index contributed by atoms with van der Waals surface area (Å²) >= 11 is 0. The predicted molar refractivity (Wildman–Crippen MR) is 319 cm³/mol. The van der Waals surface area contributed by atoms with Crippen molar-refractivity contribution < 1.29 is 9.18 Å². The quantitative estimate of drug-likeness (QED) is 0.141. The van der Waals surface area contributed by atoms with Gasteiger partial charge in [-0.2, -0.15) is 10.2 Å². The van der Waals surface area contributed by atoms with E-state index >= 15 is 0 Å². The first-order valence-corrected chi connectivity index (χ1v) is 27.7. The van der Waals surface area contributed by atoms with Crippen molar-refractivity contribution in [3.63, 3.8) is 0 Å². The van der Waals surface area contributed by atoms with Gasteiger partial charge in [0.25, 0.3) is 0 Å². The van der Waals surface area contributed by atoms with E-state index in [1.807, 2.05) is 136 Å². The first kappa shape index (κ1) is 65.6. The molecule has 0 saturated heterocycles. The number of urea groups is 1. The van der Waals surface area contributed by atoms with Crippen molar-refractivity contribution in [3.8, 4) is 0 Å².